The van der Waals surface area contributed by atoms with Crippen LogP contribution < -0.4 is 20.2 Å². The first-order valence-corrected chi connectivity index (χ1v) is 7.82. The van der Waals surface area contributed by atoms with Gasteiger partial charge in [0.15, 0.2) is 11.5 Å². The topological polar surface area (TPSA) is 102 Å². The average molecular weight is 356 g/mol. The number of pyridine rings is 1. The summed E-state index contributed by atoms with van der Waals surface area (Å²) in [5.74, 6) is 0.132. The number of benzene rings is 1. The van der Waals surface area contributed by atoms with E-state index < -0.39 is 11.8 Å². The minimum Gasteiger partial charge on any atom is -0.493 e. The summed E-state index contributed by atoms with van der Waals surface area (Å²) >= 11 is 0. The number of hydrogen-bond donors (Lipinski definition) is 2. The lowest BCUT2D eigenvalue weighted by atomic mass is 10.2. The Labute approximate surface area is 151 Å². The molecule has 0 aliphatic rings. The molecule has 2 N–H and O–H groups in total. The Morgan fingerprint density at radius 2 is 2.00 bits per heavy atom. The molecule has 0 saturated carbocycles. The van der Waals surface area contributed by atoms with Crippen molar-refractivity contribution in [1.82, 2.24) is 15.7 Å². The van der Waals surface area contributed by atoms with E-state index in [1.807, 2.05) is 6.07 Å². The van der Waals surface area contributed by atoms with Crippen LogP contribution in [0.3, 0.4) is 0 Å². The van der Waals surface area contributed by atoms with E-state index in [1.165, 1.54) is 20.4 Å². The maximum atomic E-state index is 11.8. The van der Waals surface area contributed by atoms with Gasteiger partial charge in [-0.05, 0) is 23.8 Å². The van der Waals surface area contributed by atoms with Crippen molar-refractivity contribution in [2.45, 2.75) is 13.0 Å². The molecule has 8 heteroatoms. The molecule has 136 valence electrons. The summed E-state index contributed by atoms with van der Waals surface area (Å²) in [6.45, 7) is 0.310. The van der Waals surface area contributed by atoms with Gasteiger partial charge in [0, 0.05) is 24.5 Å². The van der Waals surface area contributed by atoms with Gasteiger partial charge >= 0.3 is 0 Å². The molecule has 0 fully saturated rings. The van der Waals surface area contributed by atoms with Crippen LogP contribution >= 0.6 is 0 Å². The smallest absolute Gasteiger partial charge is 0.249 e. The lowest BCUT2D eigenvalue weighted by Crippen LogP contribution is -2.29. The number of carbonyl (C=O) groups is 2. The van der Waals surface area contributed by atoms with Gasteiger partial charge in [0.1, 0.15) is 6.42 Å². The molecule has 2 amide bonds. The molecule has 1 heterocycles. The van der Waals surface area contributed by atoms with E-state index in [2.05, 4.69) is 20.8 Å². The maximum Gasteiger partial charge on any atom is 0.249 e. The van der Waals surface area contributed by atoms with Crippen molar-refractivity contribution in [1.29, 1.82) is 0 Å². The van der Waals surface area contributed by atoms with E-state index in [9.17, 15) is 9.59 Å². The van der Waals surface area contributed by atoms with Gasteiger partial charge in [-0.3, -0.25) is 14.6 Å². The minimum absolute atomic E-state index is 0.310. The molecular formula is C18H20N4O4. The van der Waals surface area contributed by atoms with Crippen molar-refractivity contribution in [3.05, 3.63) is 53.9 Å². The van der Waals surface area contributed by atoms with Crippen molar-refractivity contribution >= 4 is 18.0 Å². The first kappa shape index (κ1) is 18.9. The van der Waals surface area contributed by atoms with Crippen LogP contribution in [0, 0.1) is 0 Å². The summed E-state index contributed by atoms with van der Waals surface area (Å²) in [4.78, 5) is 27.5. The number of rotatable bonds is 8. The number of nitrogens with one attached hydrogen (secondary N) is 2. The molecule has 0 aliphatic carbocycles. The standard InChI is InChI=1S/C18H20N4O4/c1-25-15-7-3-6-14(18(15)26-2)12-21-22-17(24)9-16(23)20-11-13-5-4-8-19-10-13/h3-8,10,12H,9,11H2,1-2H3,(H,20,23)(H,22,24)/b21-12-. The summed E-state index contributed by atoms with van der Waals surface area (Å²) in [7, 11) is 3.05. The van der Waals surface area contributed by atoms with E-state index in [0.717, 1.165) is 5.56 Å². The summed E-state index contributed by atoms with van der Waals surface area (Å²) < 4.78 is 10.5. The van der Waals surface area contributed by atoms with Gasteiger partial charge in [0.05, 0.1) is 20.4 Å². The Morgan fingerprint density at radius 3 is 2.69 bits per heavy atom. The molecule has 0 atom stereocenters. The molecule has 0 unspecified atom stereocenters. The zero-order chi connectivity index (χ0) is 18.8. The Balaban J connectivity index is 1.83. The molecule has 26 heavy (non-hydrogen) atoms. The predicted molar refractivity (Wildman–Crippen MR) is 96.0 cm³/mol. The van der Waals surface area contributed by atoms with Crippen LogP contribution in [0.1, 0.15) is 17.5 Å². The van der Waals surface area contributed by atoms with Gasteiger partial charge in [-0.1, -0.05) is 12.1 Å². The number of carbonyl (C=O) groups excluding carboxylic acids is 2. The molecule has 0 aliphatic heterocycles. The number of para-hydroxylation sites is 1. The SMILES string of the molecule is COc1cccc(/C=N\NC(=O)CC(=O)NCc2cccnc2)c1OC. The van der Waals surface area contributed by atoms with E-state index in [1.54, 1.807) is 36.7 Å². The molecule has 0 bridgehead atoms. The van der Waals surface area contributed by atoms with Gasteiger partial charge in [-0.15, -0.1) is 0 Å². The van der Waals surface area contributed by atoms with Crippen molar-refractivity contribution in [3.63, 3.8) is 0 Å². The summed E-state index contributed by atoms with van der Waals surface area (Å²) in [6, 6.07) is 8.89. The molecule has 0 spiro atoms. The van der Waals surface area contributed by atoms with Gasteiger partial charge in [-0.2, -0.15) is 5.10 Å². The Kier molecular flexibility index (Phi) is 7.11. The summed E-state index contributed by atoms with van der Waals surface area (Å²) in [6.07, 6.45) is 4.39. The van der Waals surface area contributed by atoms with Gasteiger partial charge in [0.25, 0.3) is 0 Å². The third-order valence-corrected chi connectivity index (χ3v) is 3.36. The minimum atomic E-state index is -0.521. The molecule has 8 nitrogen and oxygen atoms in total. The van der Waals surface area contributed by atoms with E-state index in [4.69, 9.17) is 9.47 Å². The van der Waals surface area contributed by atoms with Crippen LogP contribution in [0.15, 0.2) is 47.8 Å². The molecule has 2 aromatic rings. The van der Waals surface area contributed by atoms with Gasteiger partial charge < -0.3 is 14.8 Å². The molecule has 0 saturated heterocycles. The largest absolute Gasteiger partial charge is 0.493 e. The van der Waals surface area contributed by atoms with Crippen LogP contribution in [0.2, 0.25) is 0 Å². The Bertz CT molecular complexity index is 778. The predicted octanol–water partition coefficient (Wildman–Crippen LogP) is 1.26. The third-order valence-electron chi connectivity index (χ3n) is 3.36. The second kappa shape index (κ2) is 9.77. The highest BCUT2D eigenvalue weighted by atomic mass is 16.5. The highest BCUT2D eigenvalue weighted by Gasteiger charge is 2.09. The number of aromatic nitrogens is 1. The molecule has 1 aromatic carbocycles. The van der Waals surface area contributed by atoms with Crippen LogP contribution in [-0.4, -0.2) is 37.2 Å². The normalized spacial score (nSPS) is 10.4. The number of nitrogens with zero attached hydrogens (tertiary/aromatic N) is 2. The molecular weight excluding hydrogens is 336 g/mol. The Hall–Kier alpha value is -3.42. The molecule has 2 rings (SSSR count). The number of ether oxygens (including phenoxy) is 2. The lowest BCUT2D eigenvalue weighted by Gasteiger charge is -2.09. The number of hydrogen-bond acceptors (Lipinski definition) is 6. The second-order valence-corrected chi connectivity index (χ2v) is 5.19. The fraction of sp³-hybridized carbons (Fsp3) is 0.222. The van der Waals surface area contributed by atoms with E-state index in [0.29, 0.717) is 23.6 Å². The van der Waals surface area contributed by atoms with Crippen molar-refractivity contribution in [2.75, 3.05) is 14.2 Å². The number of methoxy groups -OCH3 is 2. The maximum absolute atomic E-state index is 11.8. The zero-order valence-electron chi connectivity index (χ0n) is 14.6. The number of hydrazone groups is 1. The van der Waals surface area contributed by atoms with Crippen molar-refractivity contribution in [2.24, 2.45) is 5.10 Å². The summed E-state index contributed by atoms with van der Waals surface area (Å²) in [5.41, 5.74) is 3.79. The van der Waals surface area contributed by atoms with Gasteiger partial charge in [-0.25, -0.2) is 5.43 Å². The highest BCUT2D eigenvalue weighted by Crippen LogP contribution is 2.29. The highest BCUT2D eigenvalue weighted by molar-refractivity contribution is 5.97. The molecule has 0 radical (unpaired) electrons. The van der Waals surface area contributed by atoms with Gasteiger partial charge in [0.2, 0.25) is 11.8 Å². The summed E-state index contributed by atoms with van der Waals surface area (Å²) in [5, 5.41) is 6.49. The third kappa shape index (κ3) is 5.59. The second-order valence-electron chi connectivity index (χ2n) is 5.19. The lowest BCUT2D eigenvalue weighted by molar-refractivity contribution is -0.129. The average Bonchev–Trinajstić information content (AvgIpc) is 2.66. The van der Waals surface area contributed by atoms with Crippen LogP contribution in [-0.2, 0) is 16.1 Å². The zero-order valence-corrected chi connectivity index (χ0v) is 14.6. The van der Waals surface area contributed by atoms with Crippen molar-refractivity contribution < 1.29 is 19.1 Å². The fourth-order valence-corrected chi connectivity index (χ4v) is 2.14. The van der Waals surface area contributed by atoms with E-state index in [-0.39, 0.29) is 6.42 Å². The Morgan fingerprint density at radius 1 is 1.15 bits per heavy atom. The number of amides is 2. The monoisotopic (exact) mass is 356 g/mol. The van der Waals surface area contributed by atoms with Crippen LogP contribution in [0.5, 0.6) is 11.5 Å². The quantitative estimate of drug-likeness (QED) is 0.421. The fourth-order valence-electron chi connectivity index (χ4n) is 2.14. The van der Waals surface area contributed by atoms with Crippen molar-refractivity contribution in [3.8, 4) is 11.5 Å². The van der Waals surface area contributed by atoms with Crippen LogP contribution in [0.25, 0.3) is 0 Å². The van der Waals surface area contributed by atoms with E-state index >= 15 is 0 Å². The molecule has 1 aromatic heterocycles. The first-order valence-electron chi connectivity index (χ1n) is 7.82. The first-order chi connectivity index (χ1) is 12.6. The van der Waals surface area contributed by atoms with Crippen LogP contribution in [0.4, 0.5) is 0 Å².